The summed E-state index contributed by atoms with van der Waals surface area (Å²) in [5.41, 5.74) is 1.66. The highest BCUT2D eigenvalue weighted by Gasteiger charge is 2.77. The van der Waals surface area contributed by atoms with Gasteiger partial charge in [-0.1, -0.05) is 19.9 Å². The molecule has 4 aliphatic rings. The van der Waals surface area contributed by atoms with Crippen molar-refractivity contribution in [2.75, 3.05) is 25.2 Å². The molecule has 4 unspecified atom stereocenters. The number of ether oxygens (including phenoxy) is 3. The maximum absolute atomic E-state index is 13.1. The van der Waals surface area contributed by atoms with Gasteiger partial charge in [0.15, 0.2) is 5.79 Å². The Bertz CT molecular complexity index is 771. The lowest BCUT2D eigenvalue weighted by Gasteiger charge is -2.51. The minimum absolute atomic E-state index is 0.156. The average molecular weight is 343 g/mol. The van der Waals surface area contributed by atoms with E-state index in [0.717, 1.165) is 17.9 Å². The first kappa shape index (κ1) is 15.6. The van der Waals surface area contributed by atoms with Gasteiger partial charge in [0.25, 0.3) is 0 Å². The van der Waals surface area contributed by atoms with Crippen LogP contribution in [0, 0.1) is 11.8 Å². The van der Waals surface area contributed by atoms with Crippen molar-refractivity contribution in [3.8, 4) is 5.75 Å². The van der Waals surface area contributed by atoms with Gasteiger partial charge in [-0.3, -0.25) is 4.79 Å². The van der Waals surface area contributed by atoms with Crippen molar-refractivity contribution in [1.82, 2.24) is 0 Å². The Balaban J connectivity index is 1.78. The molecule has 3 heterocycles. The minimum atomic E-state index is -0.570. The highest BCUT2D eigenvalue weighted by Crippen LogP contribution is 2.70. The van der Waals surface area contributed by atoms with E-state index in [9.17, 15) is 4.79 Å². The van der Waals surface area contributed by atoms with E-state index in [2.05, 4.69) is 26.8 Å². The number of carbonyl (C=O) groups is 1. The fourth-order valence-corrected chi connectivity index (χ4v) is 6.46. The summed E-state index contributed by atoms with van der Waals surface area (Å²) in [4.78, 5) is 15.2. The molecule has 3 aliphatic heterocycles. The molecule has 1 aliphatic carbocycles. The third kappa shape index (κ3) is 1.56. The molecule has 4 atom stereocenters. The molecule has 0 N–H and O–H groups in total. The third-order valence-corrected chi connectivity index (χ3v) is 7.39. The van der Waals surface area contributed by atoms with Gasteiger partial charge in [0.1, 0.15) is 5.75 Å². The van der Waals surface area contributed by atoms with Crippen LogP contribution < -0.4 is 9.64 Å². The number of methoxy groups -OCH3 is 1. The van der Waals surface area contributed by atoms with Crippen LogP contribution in [0.1, 0.15) is 39.2 Å². The molecule has 0 radical (unpaired) electrons. The molecule has 2 saturated heterocycles. The Morgan fingerprint density at radius 1 is 1.24 bits per heavy atom. The first-order valence-corrected chi connectivity index (χ1v) is 9.17. The predicted molar refractivity (Wildman–Crippen MR) is 92.8 cm³/mol. The molecule has 5 nitrogen and oxygen atoms in total. The van der Waals surface area contributed by atoms with Gasteiger partial charge >= 0.3 is 0 Å². The number of anilines is 1. The number of nitrogens with zero attached hydrogens (tertiary/aromatic N) is 1. The molecule has 1 aromatic carbocycles. The number of carbonyl (C=O) groups excluding carboxylic acids is 1. The maximum Gasteiger partial charge on any atom is 0.227 e. The van der Waals surface area contributed by atoms with Crippen LogP contribution in [-0.2, 0) is 19.7 Å². The van der Waals surface area contributed by atoms with E-state index < -0.39 is 5.79 Å². The van der Waals surface area contributed by atoms with Crippen LogP contribution in [0.5, 0.6) is 5.75 Å². The number of benzene rings is 1. The van der Waals surface area contributed by atoms with Gasteiger partial charge in [0.05, 0.1) is 31.5 Å². The van der Waals surface area contributed by atoms with Crippen molar-refractivity contribution in [3.05, 3.63) is 23.8 Å². The van der Waals surface area contributed by atoms with Crippen molar-refractivity contribution in [2.24, 2.45) is 11.8 Å². The molecule has 1 spiro atoms. The zero-order valence-electron chi connectivity index (χ0n) is 15.3. The molecule has 1 saturated carbocycles. The van der Waals surface area contributed by atoms with Crippen molar-refractivity contribution in [3.63, 3.8) is 0 Å². The summed E-state index contributed by atoms with van der Waals surface area (Å²) >= 11 is 0. The summed E-state index contributed by atoms with van der Waals surface area (Å²) in [6.07, 6.45) is 1.32. The molecule has 1 amide bonds. The molecule has 134 valence electrons. The van der Waals surface area contributed by atoms with Gasteiger partial charge < -0.3 is 19.1 Å². The smallest absolute Gasteiger partial charge is 0.227 e. The Hall–Kier alpha value is -1.59. The van der Waals surface area contributed by atoms with Crippen molar-refractivity contribution < 1.29 is 19.0 Å². The Morgan fingerprint density at radius 2 is 1.96 bits per heavy atom. The summed E-state index contributed by atoms with van der Waals surface area (Å²) in [5, 5.41) is 0. The van der Waals surface area contributed by atoms with Crippen molar-refractivity contribution in [1.29, 1.82) is 0 Å². The van der Waals surface area contributed by atoms with Crippen molar-refractivity contribution in [2.45, 2.75) is 50.4 Å². The molecule has 0 aromatic heterocycles. The summed E-state index contributed by atoms with van der Waals surface area (Å²) in [6.45, 7) is 7.96. The summed E-state index contributed by atoms with van der Waals surface area (Å²) in [5.74, 6) is 0.796. The second kappa shape index (κ2) is 4.57. The van der Waals surface area contributed by atoms with Crippen LogP contribution in [-0.4, -0.2) is 37.6 Å². The highest BCUT2D eigenvalue weighted by atomic mass is 16.7. The SMILES string of the molecule is COc1ccc2c(c1)N1C(=O)CC(C)C3C4(CC2(C)C31C)OCCO4. The van der Waals surface area contributed by atoms with E-state index >= 15 is 0 Å². The molecular formula is C20H25NO4. The number of amides is 1. The van der Waals surface area contributed by atoms with Gasteiger partial charge in [-0.05, 0) is 24.5 Å². The van der Waals surface area contributed by atoms with Crippen LogP contribution in [0.3, 0.4) is 0 Å². The fourth-order valence-electron chi connectivity index (χ4n) is 6.46. The van der Waals surface area contributed by atoms with E-state index in [1.807, 2.05) is 17.0 Å². The molecule has 0 bridgehead atoms. The van der Waals surface area contributed by atoms with Crippen LogP contribution in [0.25, 0.3) is 0 Å². The molecule has 1 aromatic rings. The van der Waals surface area contributed by atoms with Gasteiger partial charge in [0, 0.05) is 30.2 Å². The quantitative estimate of drug-likeness (QED) is 0.787. The van der Waals surface area contributed by atoms with E-state index in [0.29, 0.717) is 19.6 Å². The lowest BCUT2D eigenvalue weighted by atomic mass is 9.64. The second-order valence-corrected chi connectivity index (χ2v) is 8.44. The molecule has 25 heavy (non-hydrogen) atoms. The number of piperidine rings is 1. The molecule has 5 heteroatoms. The number of fused-ring (bicyclic) bond motifs is 4. The van der Waals surface area contributed by atoms with Gasteiger partial charge in [-0.25, -0.2) is 0 Å². The standard InChI is InChI=1S/C20H25NO4/c1-12-9-16(22)21-15-10-13(23-4)5-6-14(15)18(2)11-20(24-7-8-25-20)17(12)19(18,21)3/h5-6,10,12,17H,7-9,11H2,1-4H3. The van der Waals surface area contributed by atoms with E-state index in [4.69, 9.17) is 14.2 Å². The fraction of sp³-hybridized carbons (Fsp3) is 0.650. The summed E-state index contributed by atoms with van der Waals surface area (Å²) in [6, 6.07) is 6.13. The predicted octanol–water partition coefficient (Wildman–Crippen LogP) is 2.86. The minimum Gasteiger partial charge on any atom is -0.497 e. The maximum atomic E-state index is 13.1. The molecule has 5 rings (SSSR count). The van der Waals surface area contributed by atoms with E-state index in [1.165, 1.54) is 5.56 Å². The van der Waals surface area contributed by atoms with Gasteiger partial charge in [-0.2, -0.15) is 0 Å². The lowest BCUT2D eigenvalue weighted by molar-refractivity contribution is -0.202. The number of rotatable bonds is 1. The van der Waals surface area contributed by atoms with Gasteiger partial charge in [-0.15, -0.1) is 0 Å². The zero-order chi connectivity index (χ0) is 17.6. The topological polar surface area (TPSA) is 48.0 Å². The van der Waals surface area contributed by atoms with Crippen LogP contribution >= 0.6 is 0 Å². The number of hydrogen-bond acceptors (Lipinski definition) is 4. The first-order valence-electron chi connectivity index (χ1n) is 9.17. The average Bonchev–Trinajstić information content (AvgIpc) is 3.14. The van der Waals surface area contributed by atoms with Crippen LogP contribution in [0.2, 0.25) is 0 Å². The summed E-state index contributed by atoms with van der Waals surface area (Å²) < 4.78 is 17.9. The van der Waals surface area contributed by atoms with E-state index in [-0.39, 0.29) is 28.7 Å². The van der Waals surface area contributed by atoms with Gasteiger partial charge in [0.2, 0.25) is 5.91 Å². The first-order chi connectivity index (χ1) is 11.9. The second-order valence-electron chi connectivity index (χ2n) is 8.44. The monoisotopic (exact) mass is 343 g/mol. The third-order valence-electron chi connectivity index (χ3n) is 7.39. The molecule has 3 fully saturated rings. The Kier molecular flexibility index (Phi) is 2.86. The Labute approximate surface area is 148 Å². The highest BCUT2D eigenvalue weighted by molar-refractivity contribution is 6.00. The van der Waals surface area contributed by atoms with Crippen molar-refractivity contribution >= 4 is 11.6 Å². The zero-order valence-corrected chi connectivity index (χ0v) is 15.3. The lowest BCUT2D eigenvalue weighted by Crippen LogP contribution is -2.64. The number of hydrogen-bond donors (Lipinski definition) is 0. The molecular weight excluding hydrogens is 318 g/mol. The largest absolute Gasteiger partial charge is 0.497 e. The van der Waals surface area contributed by atoms with Crippen LogP contribution in [0.15, 0.2) is 18.2 Å². The van der Waals surface area contributed by atoms with Crippen LogP contribution in [0.4, 0.5) is 5.69 Å². The summed E-state index contributed by atoms with van der Waals surface area (Å²) in [7, 11) is 1.67. The van der Waals surface area contributed by atoms with E-state index in [1.54, 1.807) is 7.11 Å². The Morgan fingerprint density at radius 3 is 2.64 bits per heavy atom. The normalized spacial score (nSPS) is 40.5.